The topological polar surface area (TPSA) is 244 Å². The number of aliphatic hydroxyl groups is 7. The largest absolute Gasteiger partial charge is 0.504 e. The molecule has 9 N–H and O–H groups in total. The fourth-order valence-corrected chi connectivity index (χ4v) is 3.91. The van der Waals surface area contributed by atoms with Crippen molar-refractivity contribution in [3.63, 3.8) is 0 Å². The van der Waals surface area contributed by atoms with Crippen LogP contribution in [-0.4, -0.2) is 119 Å². The highest BCUT2D eigenvalue weighted by molar-refractivity contribution is 5.87. The number of carboxylic acid groups (broad SMARTS) is 1. The molecule has 9 atom stereocenters. The Morgan fingerprint density at radius 2 is 1.75 bits per heavy atom. The first-order valence-corrected chi connectivity index (χ1v) is 10.9. The lowest BCUT2D eigenvalue weighted by atomic mass is 9.79. The van der Waals surface area contributed by atoms with Gasteiger partial charge in [-0.15, -0.1) is 0 Å². The number of benzene rings is 1. The predicted molar refractivity (Wildman–Crippen MR) is 115 cm³/mol. The van der Waals surface area contributed by atoms with E-state index in [-0.39, 0.29) is 11.3 Å². The van der Waals surface area contributed by atoms with Crippen molar-refractivity contribution in [2.75, 3.05) is 6.61 Å². The maximum Gasteiger partial charge on any atom is 0.335 e. The minimum Gasteiger partial charge on any atom is -0.504 e. The molecule has 1 heterocycles. The summed E-state index contributed by atoms with van der Waals surface area (Å²) in [5.74, 6) is -3.32. The van der Waals surface area contributed by atoms with Crippen LogP contribution in [0.5, 0.6) is 11.5 Å². The zero-order chi connectivity index (χ0) is 26.8. The van der Waals surface area contributed by atoms with Crippen LogP contribution in [0, 0.1) is 0 Å². The first-order chi connectivity index (χ1) is 16.9. The summed E-state index contributed by atoms with van der Waals surface area (Å²) in [6, 6.07) is 3.77. The van der Waals surface area contributed by atoms with Gasteiger partial charge in [-0.2, -0.15) is 0 Å². The number of aromatic hydroxyl groups is 1. The predicted octanol–water partition coefficient (Wildman–Crippen LogP) is -3.17. The van der Waals surface area contributed by atoms with E-state index in [0.29, 0.717) is 0 Å². The third-order valence-corrected chi connectivity index (χ3v) is 6.01. The molecule has 0 unspecified atom stereocenters. The second-order valence-electron chi connectivity index (χ2n) is 8.65. The van der Waals surface area contributed by atoms with Gasteiger partial charge in [0.05, 0.1) is 12.7 Å². The minimum atomic E-state index is -2.39. The van der Waals surface area contributed by atoms with E-state index in [1.54, 1.807) is 0 Å². The van der Waals surface area contributed by atoms with Crippen molar-refractivity contribution in [3.05, 3.63) is 29.8 Å². The van der Waals surface area contributed by atoms with Crippen LogP contribution in [0.2, 0.25) is 0 Å². The SMILES string of the molecule is O=C(/C=C/c1ccc(O)c(O[C@@H]2O[C@@H](CO)[C@H](O)[C@@H](O)[C@@H]2O)c1)O[C@@H]1C[C@](O)(C(=O)O)C[C@@H](O)[C@H]1O. The first-order valence-electron chi connectivity index (χ1n) is 10.9. The van der Waals surface area contributed by atoms with Gasteiger partial charge in [-0.3, -0.25) is 0 Å². The van der Waals surface area contributed by atoms with Gasteiger partial charge in [0.2, 0.25) is 6.29 Å². The quantitative estimate of drug-likeness (QED) is 0.128. The first kappa shape index (κ1) is 27.8. The molecule has 1 saturated carbocycles. The molecule has 0 radical (unpaired) electrons. The van der Waals surface area contributed by atoms with Gasteiger partial charge < -0.3 is 60.2 Å². The highest BCUT2D eigenvalue weighted by Crippen LogP contribution is 2.33. The van der Waals surface area contributed by atoms with E-state index in [1.807, 2.05) is 0 Å². The molecular weight excluding hydrogens is 488 g/mol. The molecule has 36 heavy (non-hydrogen) atoms. The number of aliphatic carboxylic acids is 1. The normalized spacial score (nSPS) is 37.0. The molecular formula is C22H28O14. The van der Waals surface area contributed by atoms with Crippen molar-refractivity contribution in [3.8, 4) is 11.5 Å². The molecule has 2 aliphatic rings. The number of phenols is 1. The van der Waals surface area contributed by atoms with Crippen LogP contribution in [-0.2, 0) is 19.1 Å². The fourth-order valence-electron chi connectivity index (χ4n) is 3.91. The van der Waals surface area contributed by atoms with Crippen molar-refractivity contribution >= 4 is 18.0 Å². The zero-order valence-corrected chi connectivity index (χ0v) is 18.7. The molecule has 14 nitrogen and oxygen atoms in total. The van der Waals surface area contributed by atoms with Crippen molar-refractivity contribution in [1.82, 2.24) is 0 Å². The standard InChI is InChI=1S/C22H28O14/c23-8-14-17(28)18(29)19(30)20(36-14)35-12-5-9(1-3-10(12)24)2-4-15(26)34-13-7-22(33,21(31)32)6-11(25)16(13)27/h1-5,11,13-14,16-20,23-25,27-30,33H,6-8H2,(H,31,32)/b4-2+/t11-,13-,14+,16-,17+,18-,19+,20-,22+/m1/s1. The number of carboxylic acids is 1. The van der Waals surface area contributed by atoms with E-state index in [9.17, 15) is 50.4 Å². The minimum absolute atomic E-state index is 0.243. The third-order valence-electron chi connectivity index (χ3n) is 6.01. The van der Waals surface area contributed by atoms with Gasteiger partial charge in [-0.05, 0) is 23.8 Å². The second kappa shape index (κ2) is 11.1. The van der Waals surface area contributed by atoms with Gasteiger partial charge >= 0.3 is 11.9 Å². The molecule has 14 heteroatoms. The summed E-state index contributed by atoms with van der Waals surface area (Å²) >= 11 is 0. The van der Waals surface area contributed by atoms with Gasteiger partial charge in [0.25, 0.3) is 0 Å². The summed E-state index contributed by atoms with van der Waals surface area (Å²) in [7, 11) is 0. The smallest absolute Gasteiger partial charge is 0.335 e. The van der Waals surface area contributed by atoms with E-state index in [1.165, 1.54) is 24.3 Å². The summed E-state index contributed by atoms with van der Waals surface area (Å²) in [6.07, 6.45) is -11.8. The number of rotatable bonds is 7. The number of hydrogen-bond acceptors (Lipinski definition) is 13. The van der Waals surface area contributed by atoms with E-state index in [2.05, 4.69) is 0 Å². The Morgan fingerprint density at radius 1 is 1.06 bits per heavy atom. The number of carbonyl (C=O) groups excluding carboxylic acids is 1. The van der Waals surface area contributed by atoms with Crippen LogP contribution in [0.4, 0.5) is 0 Å². The van der Waals surface area contributed by atoms with Crippen molar-refractivity contribution in [2.45, 2.75) is 67.5 Å². The lowest BCUT2D eigenvalue weighted by Crippen LogP contribution is -2.60. The van der Waals surface area contributed by atoms with Crippen molar-refractivity contribution in [1.29, 1.82) is 0 Å². The molecule has 0 spiro atoms. The van der Waals surface area contributed by atoms with E-state index >= 15 is 0 Å². The van der Waals surface area contributed by atoms with Crippen LogP contribution >= 0.6 is 0 Å². The molecule has 0 amide bonds. The summed E-state index contributed by atoms with van der Waals surface area (Å²) < 4.78 is 15.6. The van der Waals surface area contributed by atoms with Crippen LogP contribution in [0.3, 0.4) is 0 Å². The Morgan fingerprint density at radius 3 is 2.39 bits per heavy atom. The van der Waals surface area contributed by atoms with Gasteiger partial charge in [0, 0.05) is 18.9 Å². The Balaban J connectivity index is 1.68. The van der Waals surface area contributed by atoms with E-state index < -0.39 is 91.8 Å². The summed E-state index contributed by atoms with van der Waals surface area (Å²) in [5, 5.41) is 88.3. The number of esters is 1. The Labute approximate surface area is 203 Å². The lowest BCUT2D eigenvalue weighted by molar-refractivity contribution is -0.277. The van der Waals surface area contributed by atoms with Gasteiger partial charge in [-0.1, -0.05) is 6.07 Å². The van der Waals surface area contributed by atoms with Crippen molar-refractivity contribution < 1.29 is 69.8 Å². The molecule has 1 saturated heterocycles. The molecule has 1 aliphatic heterocycles. The molecule has 3 rings (SSSR count). The van der Waals surface area contributed by atoms with E-state index in [0.717, 1.165) is 6.08 Å². The number of carbonyl (C=O) groups is 2. The average Bonchev–Trinajstić information content (AvgIpc) is 2.82. The molecule has 1 aromatic carbocycles. The Kier molecular flexibility index (Phi) is 8.53. The average molecular weight is 516 g/mol. The lowest BCUT2D eigenvalue weighted by Gasteiger charge is -2.39. The maximum absolute atomic E-state index is 12.2. The van der Waals surface area contributed by atoms with Gasteiger partial charge in [0.1, 0.15) is 36.6 Å². The van der Waals surface area contributed by atoms with Crippen LogP contribution < -0.4 is 4.74 Å². The van der Waals surface area contributed by atoms with E-state index in [4.69, 9.17) is 19.3 Å². The van der Waals surface area contributed by atoms with Crippen LogP contribution in [0.15, 0.2) is 24.3 Å². The number of hydrogen-bond donors (Lipinski definition) is 9. The number of ether oxygens (including phenoxy) is 3. The third kappa shape index (κ3) is 5.93. The van der Waals surface area contributed by atoms with Gasteiger partial charge in [0.15, 0.2) is 17.1 Å². The number of phenolic OH excluding ortho intramolecular Hbond substituents is 1. The number of aliphatic hydroxyl groups excluding tert-OH is 6. The fraction of sp³-hybridized carbons (Fsp3) is 0.545. The second-order valence-corrected chi connectivity index (χ2v) is 8.65. The van der Waals surface area contributed by atoms with Gasteiger partial charge in [-0.25, -0.2) is 9.59 Å². The Bertz CT molecular complexity index is 979. The zero-order valence-electron chi connectivity index (χ0n) is 18.7. The van der Waals surface area contributed by atoms with Crippen LogP contribution in [0.1, 0.15) is 18.4 Å². The molecule has 0 bridgehead atoms. The highest BCUT2D eigenvalue weighted by Gasteiger charge is 2.50. The Hall–Kier alpha value is -2.82. The molecule has 1 aliphatic carbocycles. The van der Waals surface area contributed by atoms with Crippen LogP contribution in [0.25, 0.3) is 6.08 Å². The van der Waals surface area contributed by atoms with Crippen molar-refractivity contribution in [2.24, 2.45) is 0 Å². The monoisotopic (exact) mass is 516 g/mol. The summed E-state index contributed by atoms with van der Waals surface area (Å²) in [6.45, 7) is -0.682. The summed E-state index contributed by atoms with van der Waals surface area (Å²) in [5.41, 5.74) is -2.13. The maximum atomic E-state index is 12.2. The molecule has 0 aromatic heterocycles. The molecule has 2 fully saturated rings. The summed E-state index contributed by atoms with van der Waals surface area (Å²) in [4.78, 5) is 23.5. The highest BCUT2D eigenvalue weighted by atomic mass is 16.7. The molecule has 200 valence electrons. The molecule has 1 aromatic rings.